The molecule has 0 aliphatic rings. The lowest BCUT2D eigenvalue weighted by Gasteiger charge is -2.28. The van der Waals surface area contributed by atoms with Crippen molar-refractivity contribution in [3.8, 4) is 0 Å². The number of rotatable bonds is 47. The molecular weight excluding hydrogens is 894 g/mol. The van der Waals surface area contributed by atoms with E-state index in [0.717, 1.165) is 96.3 Å². The molecule has 396 valence electrons. The molecule has 0 fully saturated rings. The van der Waals surface area contributed by atoms with Gasteiger partial charge in [-0.1, -0.05) is 205 Å². The van der Waals surface area contributed by atoms with Crippen LogP contribution in [0.5, 0.6) is 0 Å². The standard InChI is InChI=1S/C60H98NO8P/c1-6-8-10-12-14-16-18-20-21-22-23-24-25-26-27-28-29-30-31-32-33-34-35-36-37-38-39-41-43-45-47-49-51-53-60(63)69-58(57-68-70(64,65)67-55-54-61(3,4)5)56-66-59(62)52-50-48-46-44-42-40-19-17-15-13-11-9-7-2/h8-11,14-17,20-21,23-24,26-27,29-30,32-33,40,42,46,48,58H,6-7,12-13,18-19,22,25,28,31,34-39,41,43-45,47,49-57H2,1-5H3/b10-8-,11-9-,16-14-,17-15-,21-20-,24-23-,27-26-,30-29-,33-32-,42-40-,48-46-. The van der Waals surface area contributed by atoms with Crippen LogP contribution in [0.25, 0.3) is 0 Å². The van der Waals surface area contributed by atoms with Crippen molar-refractivity contribution >= 4 is 19.8 Å². The number of carbonyl (C=O) groups is 2. The Balaban J connectivity index is 4.19. The highest BCUT2D eigenvalue weighted by Gasteiger charge is 2.21. The summed E-state index contributed by atoms with van der Waals surface area (Å²) in [6.45, 7) is 3.89. The van der Waals surface area contributed by atoms with E-state index in [0.29, 0.717) is 23.9 Å². The average molecular weight is 992 g/mol. The van der Waals surface area contributed by atoms with Gasteiger partial charge in [0, 0.05) is 12.8 Å². The molecule has 0 amide bonds. The molecule has 0 saturated carbocycles. The number of ether oxygens (including phenoxy) is 2. The normalized spacial score (nSPS) is 14.4. The molecule has 0 aromatic rings. The summed E-state index contributed by atoms with van der Waals surface area (Å²) in [7, 11) is 1.11. The van der Waals surface area contributed by atoms with Crippen LogP contribution >= 0.6 is 7.82 Å². The van der Waals surface area contributed by atoms with Gasteiger partial charge in [-0.2, -0.15) is 0 Å². The third-order valence-electron chi connectivity index (χ3n) is 10.7. The van der Waals surface area contributed by atoms with E-state index in [4.69, 9.17) is 18.5 Å². The summed E-state index contributed by atoms with van der Waals surface area (Å²) in [5.41, 5.74) is 0. The number of quaternary nitrogens is 1. The zero-order chi connectivity index (χ0) is 51.3. The van der Waals surface area contributed by atoms with Crippen LogP contribution in [0, 0.1) is 0 Å². The maximum absolute atomic E-state index is 12.8. The van der Waals surface area contributed by atoms with Gasteiger partial charge in [0.2, 0.25) is 0 Å². The molecule has 0 heterocycles. The van der Waals surface area contributed by atoms with Gasteiger partial charge in [-0.15, -0.1) is 0 Å². The summed E-state index contributed by atoms with van der Waals surface area (Å²) < 4.78 is 33.9. The highest BCUT2D eigenvalue weighted by molar-refractivity contribution is 7.45. The summed E-state index contributed by atoms with van der Waals surface area (Å²) in [6.07, 6.45) is 72.4. The smallest absolute Gasteiger partial charge is 0.306 e. The minimum absolute atomic E-state index is 0.0488. The predicted octanol–water partition coefficient (Wildman–Crippen LogP) is 15.9. The van der Waals surface area contributed by atoms with Gasteiger partial charge in [0.25, 0.3) is 7.82 Å². The van der Waals surface area contributed by atoms with Gasteiger partial charge in [0.05, 0.1) is 27.7 Å². The first-order valence-electron chi connectivity index (χ1n) is 26.9. The fraction of sp³-hybridized carbons (Fsp3) is 0.600. The summed E-state index contributed by atoms with van der Waals surface area (Å²) in [5.74, 6) is -0.943. The molecule has 0 aliphatic heterocycles. The number of allylic oxidation sites excluding steroid dienone is 22. The molecule has 2 atom stereocenters. The van der Waals surface area contributed by atoms with Crippen LogP contribution in [0.4, 0.5) is 0 Å². The number of phosphoric ester groups is 1. The van der Waals surface area contributed by atoms with E-state index in [1.807, 2.05) is 33.3 Å². The SMILES string of the molecule is CC/C=C\C/C=C\C/C=C\C/C=C\C/C=C\C/C=C\C/C=C\CCCCCCCCCCCCCC(=O)OC(COC(=O)CC/C=C\C/C=C\C/C=C\C/C=C\CC)COP(=O)([O-])OCC[N+](C)(C)C. The van der Waals surface area contributed by atoms with Crippen molar-refractivity contribution in [3.05, 3.63) is 134 Å². The molecule has 0 N–H and O–H groups in total. The van der Waals surface area contributed by atoms with Gasteiger partial charge in [0.15, 0.2) is 6.10 Å². The molecule has 0 aromatic heterocycles. The van der Waals surface area contributed by atoms with E-state index in [1.165, 1.54) is 44.9 Å². The molecule has 0 aromatic carbocycles. The Hall–Kier alpha value is -3.85. The van der Waals surface area contributed by atoms with E-state index in [9.17, 15) is 19.0 Å². The van der Waals surface area contributed by atoms with Crippen molar-refractivity contribution in [1.82, 2.24) is 0 Å². The number of hydrogen-bond acceptors (Lipinski definition) is 8. The number of hydrogen-bond donors (Lipinski definition) is 0. The summed E-state index contributed by atoms with van der Waals surface area (Å²) >= 11 is 0. The first-order valence-corrected chi connectivity index (χ1v) is 28.4. The molecule has 70 heavy (non-hydrogen) atoms. The monoisotopic (exact) mass is 992 g/mol. The molecule has 0 bridgehead atoms. The van der Waals surface area contributed by atoms with Gasteiger partial charge in [-0.3, -0.25) is 14.2 Å². The first-order chi connectivity index (χ1) is 34.0. The topological polar surface area (TPSA) is 111 Å². The van der Waals surface area contributed by atoms with E-state index >= 15 is 0 Å². The van der Waals surface area contributed by atoms with E-state index in [1.54, 1.807) is 0 Å². The van der Waals surface area contributed by atoms with Crippen molar-refractivity contribution in [1.29, 1.82) is 0 Å². The number of nitrogens with zero attached hydrogens (tertiary/aromatic N) is 1. The van der Waals surface area contributed by atoms with Crippen molar-refractivity contribution in [2.45, 2.75) is 187 Å². The third-order valence-corrected chi connectivity index (χ3v) is 11.6. The molecule has 0 spiro atoms. The molecule has 0 aliphatic carbocycles. The van der Waals surface area contributed by atoms with Crippen LogP contribution in [0.1, 0.15) is 181 Å². The van der Waals surface area contributed by atoms with Gasteiger partial charge >= 0.3 is 11.9 Å². The van der Waals surface area contributed by atoms with Crippen LogP contribution in [-0.2, 0) is 32.7 Å². The zero-order valence-corrected chi connectivity index (χ0v) is 45.5. The largest absolute Gasteiger partial charge is 0.756 e. The molecule has 0 rings (SSSR count). The van der Waals surface area contributed by atoms with Gasteiger partial charge < -0.3 is 27.9 Å². The van der Waals surface area contributed by atoms with Crippen molar-refractivity contribution in [2.75, 3.05) is 47.5 Å². The van der Waals surface area contributed by atoms with Crippen LogP contribution in [0.2, 0.25) is 0 Å². The van der Waals surface area contributed by atoms with Gasteiger partial charge in [-0.05, 0) is 96.3 Å². The van der Waals surface area contributed by atoms with Crippen molar-refractivity contribution < 1.29 is 42.1 Å². The summed E-state index contributed by atoms with van der Waals surface area (Å²) in [6, 6.07) is 0. The molecular formula is C60H98NO8P. The Bertz CT molecular complexity index is 1640. The summed E-state index contributed by atoms with van der Waals surface area (Å²) in [4.78, 5) is 37.7. The number of unbranched alkanes of at least 4 members (excludes halogenated alkanes) is 11. The number of esters is 2. The Kier molecular flexibility index (Phi) is 47.3. The van der Waals surface area contributed by atoms with Crippen LogP contribution in [0.15, 0.2) is 134 Å². The third kappa shape index (κ3) is 53.5. The average Bonchev–Trinajstić information content (AvgIpc) is 3.32. The highest BCUT2D eigenvalue weighted by atomic mass is 31.2. The van der Waals surface area contributed by atoms with Gasteiger partial charge in [-0.25, -0.2) is 0 Å². The van der Waals surface area contributed by atoms with Gasteiger partial charge in [0.1, 0.15) is 19.8 Å². The lowest BCUT2D eigenvalue weighted by Crippen LogP contribution is -2.37. The first kappa shape index (κ1) is 66.2. The van der Waals surface area contributed by atoms with E-state index in [2.05, 4.69) is 135 Å². The second-order valence-corrected chi connectivity index (χ2v) is 19.9. The second-order valence-electron chi connectivity index (χ2n) is 18.5. The fourth-order valence-electron chi connectivity index (χ4n) is 6.59. The zero-order valence-electron chi connectivity index (χ0n) is 44.7. The molecule has 10 heteroatoms. The molecule has 9 nitrogen and oxygen atoms in total. The van der Waals surface area contributed by atoms with E-state index < -0.39 is 32.5 Å². The number of likely N-dealkylation sites (N-methyl/N-ethyl adjacent to an activating group) is 1. The van der Waals surface area contributed by atoms with Crippen LogP contribution in [-0.4, -0.2) is 70.0 Å². The Morgan fingerprint density at radius 3 is 1.20 bits per heavy atom. The highest BCUT2D eigenvalue weighted by Crippen LogP contribution is 2.38. The summed E-state index contributed by atoms with van der Waals surface area (Å²) in [5, 5.41) is 0. The molecule has 0 radical (unpaired) electrons. The maximum atomic E-state index is 12.8. The predicted molar refractivity (Wildman–Crippen MR) is 295 cm³/mol. The lowest BCUT2D eigenvalue weighted by atomic mass is 10.0. The van der Waals surface area contributed by atoms with Crippen molar-refractivity contribution in [2.24, 2.45) is 0 Å². The Morgan fingerprint density at radius 1 is 0.443 bits per heavy atom. The lowest BCUT2D eigenvalue weighted by molar-refractivity contribution is -0.870. The molecule has 0 saturated heterocycles. The minimum Gasteiger partial charge on any atom is -0.756 e. The molecule has 2 unspecified atom stereocenters. The Labute approximate surface area is 428 Å². The van der Waals surface area contributed by atoms with Crippen LogP contribution < -0.4 is 4.89 Å². The van der Waals surface area contributed by atoms with E-state index in [-0.39, 0.29) is 26.1 Å². The fourth-order valence-corrected chi connectivity index (χ4v) is 7.32. The Morgan fingerprint density at radius 2 is 0.800 bits per heavy atom. The quantitative estimate of drug-likeness (QED) is 0.0195. The number of phosphoric acid groups is 1. The number of carbonyl (C=O) groups excluding carboxylic acids is 2. The van der Waals surface area contributed by atoms with Crippen LogP contribution in [0.3, 0.4) is 0 Å². The minimum atomic E-state index is -4.65. The second kappa shape index (κ2) is 50.1. The maximum Gasteiger partial charge on any atom is 0.306 e. The van der Waals surface area contributed by atoms with Crippen molar-refractivity contribution in [3.63, 3.8) is 0 Å².